The van der Waals surface area contributed by atoms with Crippen LogP contribution in [0.25, 0.3) is 65.3 Å². The van der Waals surface area contributed by atoms with Crippen LogP contribution in [0.3, 0.4) is 0 Å². The summed E-state index contributed by atoms with van der Waals surface area (Å²) in [6.07, 6.45) is 0. The number of thiol groups is 1. The van der Waals surface area contributed by atoms with E-state index in [0.29, 0.717) is 0 Å². The zero-order chi connectivity index (χ0) is 35.6. The minimum Gasteiger partial charge on any atom is -0.310 e. The Morgan fingerprint density at radius 3 is 1.32 bits per heavy atom. The largest absolute Gasteiger partial charge is 0.310 e. The number of benzene rings is 8. The lowest BCUT2D eigenvalue weighted by molar-refractivity contribution is 1.28. The smallest absolute Gasteiger partial charge is 0.124 e. The molecule has 0 fully saturated rings. The number of hydrogen-bond acceptors (Lipinski definition) is 4. The monoisotopic (exact) mass is 714 g/mol. The SMILES string of the molecule is Sc1cc2nc(-c3ccccc3)sc2cc1-c1ccc(N(c2ccc(-c3ccccc3)cc2)c2cc(-c3ccccc3)cc(-c3ccccc3)c2)cc1. The van der Waals surface area contributed by atoms with Crippen molar-refractivity contribution in [2.24, 2.45) is 0 Å². The van der Waals surface area contributed by atoms with Gasteiger partial charge in [-0.3, -0.25) is 0 Å². The molecule has 0 aliphatic rings. The normalized spacial score (nSPS) is 11.1. The second-order valence-electron chi connectivity index (χ2n) is 13.0. The second kappa shape index (κ2) is 14.4. The summed E-state index contributed by atoms with van der Waals surface area (Å²) in [6, 6.07) is 71.1. The minimum absolute atomic E-state index is 0.909. The molecule has 1 aromatic heterocycles. The van der Waals surface area contributed by atoms with Gasteiger partial charge in [0.25, 0.3) is 0 Å². The van der Waals surface area contributed by atoms with Gasteiger partial charge in [0.1, 0.15) is 5.01 Å². The van der Waals surface area contributed by atoms with Crippen LogP contribution in [0.4, 0.5) is 17.1 Å². The first-order valence-corrected chi connectivity index (χ1v) is 18.9. The lowest BCUT2D eigenvalue weighted by Gasteiger charge is -2.27. The van der Waals surface area contributed by atoms with Crippen molar-refractivity contribution in [3.63, 3.8) is 0 Å². The molecule has 0 unspecified atom stereocenters. The number of anilines is 3. The number of aromatic nitrogens is 1. The van der Waals surface area contributed by atoms with Gasteiger partial charge in [0.2, 0.25) is 0 Å². The molecule has 0 amide bonds. The molecule has 0 saturated heterocycles. The first-order valence-electron chi connectivity index (χ1n) is 17.7. The van der Waals surface area contributed by atoms with E-state index in [1.807, 2.05) is 6.07 Å². The molecule has 0 atom stereocenters. The van der Waals surface area contributed by atoms with E-state index in [1.165, 1.54) is 22.3 Å². The minimum atomic E-state index is 0.909. The average molecular weight is 715 g/mol. The van der Waals surface area contributed by atoms with E-state index < -0.39 is 0 Å². The third-order valence-electron chi connectivity index (χ3n) is 9.59. The molecule has 0 spiro atoms. The molecule has 0 saturated carbocycles. The zero-order valence-corrected chi connectivity index (χ0v) is 30.5. The molecule has 0 aliphatic carbocycles. The second-order valence-corrected chi connectivity index (χ2v) is 14.5. The van der Waals surface area contributed by atoms with Crippen molar-refractivity contribution in [3.05, 3.63) is 200 Å². The van der Waals surface area contributed by atoms with Crippen LogP contribution in [-0.2, 0) is 0 Å². The molecule has 53 heavy (non-hydrogen) atoms. The van der Waals surface area contributed by atoms with Crippen LogP contribution in [0.2, 0.25) is 0 Å². The molecule has 4 heteroatoms. The molecule has 0 aliphatic heterocycles. The topological polar surface area (TPSA) is 16.1 Å². The van der Waals surface area contributed by atoms with E-state index in [2.05, 4.69) is 199 Å². The van der Waals surface area contributed by atoms with Crippen LogP contribution in [0, 0.1) is 0 Å². The van der Waals surface area contributed by atoms with Crippen molar-refractivity contribution < 1.29 is 0 Å². The number of nitrogens with zero attached hydrogens (tertiary/aromatic N) is 2. The Morgan fingerprint density at radius 1 is 0.377 bits per heavy atom. The Bertz CT molecular complexity index is 2580. The molecule has 0 radical (unpaired) electrons. The van der Waals surface area contributed by atoms with Crippen molar-refractivity contribution in [1.29, 1.82) is 0 Å². The maximum atomic E-state index is 4.95. The summed E-state index contributed by atoms with van der Waals surface area (Å²) in [5.74, 6) is 0. The van der Waals surface area contributed by atoms with E-state index in [4.69, 9.17) is 17.6 Å². The van der Waals surface area contributed by atoms with Gasteiger partial charge in [-0.2, -0.15) is 0 Å². The van der Waals surface area contributed by atoms with Gasteiger partial charge in [0.05, 0.1) is 10.2 Å². The summed E-state index contributed by atoms with van der Waals surface area (Å²) in [5, 5.41) is 1.02. The fraction of sp³-hybridized carbons (Fsp3) is 0. The fourth-order valence-corrected chi connectivity index (χ4v) is 8.21. The molecule has 1 heterocycles. The van der Waals surface area contributed by atoms with E-state index >= 15 is 0 Å². The summed E-state index contributed by atoms with van der Waals surface area (Å²) < 4.78 is 1.15. The number of thiazole rings is 1. The first-order chi connectivity index (χ1) is 26.2. The first kappa shape index (κ1) is 32.7. The van der Waals surface area contributed by atoms with Crippen LogP contribution in [0.5, 0.6) is 0 Å². The van der Waals surface area contributed by atoms with Crippen LogP contribution in [0.15, 0.2) is 205 Å². The van der Waals surface area contributed by atoms with Crippen molar-refractivity contribution >= 4 is 51.2 Å². The molecule has 2 nitrogen and oxygen atoms in total. The fourth-order valence-electron chi connectivity index (χ4n) is 6.90. The highest BCUT2D eigenvalue weighted by Crippen LogP contribution is 2.42. The van der Waals surface area contributed by atoms with Crippen LogP contribution < -0.4 is 4.90 Å². The zero-order valence-electron chi connectivity index (χ0n) is 28.8. The molecule has 8 aromatic carbocycles. The van der Waals surface area contributed by atoms with Crippen LogP contribution in [0.1, 0.15) is 0 Å². The van der Waals surface area contributed by atoms with Crippen molar-refractivity contribution in [1.82, 2.24) is 4.98 Å². The third-order valence-corrected chi connectivity index (χ3v) is 11.0. The lowest BCUT2D eigenvalue weighted by Crippen LogP contribution is -2.10. The third kappa shape index (κ3) is 6.78. The van der Waals surface area contributed by atoms with Gasteiger partial charge in [-0.1, -0.05) is 146 Å². The van der Waals surface area contributed by atoms with E-state index in [1.54, 1.807) is 11.3 Å². The predicted molar refractivity (Wildman–Crippen MR) is 229 cm³/mol. The summed E-state index contributed by atoms with van der Waals surface area (Å²) in [4.78, 5) is 8.20. The molecule has 0 bridgehead atoms. The van der Waals surface area contributed by atoms with Gasteiger partial charge in [-0.25, -0.2) is 4.98 Å². The Labute approximate surface area is 319 Å². The van der Waals surface area contributed by atoms with Gasteiger partial charge in [-0.15, -0.1) is 24.0 Å². The Kier molecular flexibility index (Phi) is 8.90. The van der Waals surface area contributed by atoms with Gasteiger partial charge >= 0.3 is 0 Å². The Morgan fingerprint density at radius 2 is 0.811 bits per heavy atom. The average Bonchev–Trinajstić information content (AvgIpc) is 3.65. The number of rotatable bonds is 8. The van der Waals surface area contributed by atoms with Crippen LogP contribution >= 0.6 is 24.0 Å². The van der Waals surface area contributed by atoms with Crippen LogP contribution in [-0.4, -0.2) is 4.98 Å². The molecule has 252 valence electrons. The van der Waals surface area contributed by atoms with E-state index in [0.717, 1.165) is 65.0 Å². The van der Waals surface area contributed by atoms with Crippen molar-refractivity contribution in [2.45, 2.75) is 4.90 Å². The standard InChI is InChI=1S/C49H34N2S2/c52-47-33-46-48(53-49(50-46)39-19-11-4-12-20-39)32-45(47)38-23-27-43(28-24-38)51(42-25-21-37(22-26-42)34-13-5-1-6-14-34)44-30-40(35-15-7-2-8-16-35)29-41(31-44)36-17-9-3-10-18-36/h1-33,52H. The van der Waals surface area contributed by atoms with E-state index in [9.17, 15) is 0 Å². The highest BCUT2D eigenvalue weighted by molar-refractivity contribution is 7.80. The van der Waals surface area contributed by atoms with Gasteiger partial charge in [0.15, 0.2) is 0 Å². The maximum Gasteiger partial charge on any atom is 0.124 e. The number of hydrogen-bond donors (Lipinski definition) is 1. The van der Waals surface area contributed by atoms with Gasteiger partial charge in [0, 0.05) is 27.5 Å². The Balaban J connectivity index is 1.16. The van der Waals surface area contributed by atoms with Crippen molar-refractivity contribution in [3.8, 4) is 55.1 Å². The summed E-state index contributed by atoms with van der Waals surface area (Å²) in [6.45, 7) is 0. The van der Waals surface area contributed by atoms with Gasteiger partial charge in [-0.05, 0) is 99.1 Å². The van der Waals surface area contributed by atoms with E-state index in [-0.39, 0.29) is 0 Å². The predicted octanol–water partition coefficient (Wildman–Crippen LogP) is 14.4. The lowest BCUT2D eigenvalue weighted by atomic mass is 9.97. The maximum absolute atomic E-state index is 4.95. The Hall–Kier alpha value is -6.20. The molecular formula is C49H34N2S2. The molecular weight excluding hydrogens is 681 g/mol. The van der Waals surface area contributed by atoms with Gasteiger partial charge < -0.3 is 4.90 Å². The molecule has 0 N–H and O–H groups in total. The summed E-state index contributed by atoms with van der Waals surface area (Å²) >= 11 is 6.66. The quantitative estimate of drug-likeness (QED) is 0.158. The highest BCUT2D eigenvalue weighted by atomic mass is 32.1. The number of fused-ring (bicyclic) bond motifs is 1. The van der Waals surface area contributed by atoms with Crippen molar-refractivity contribution in [2.75, 3.05) is 4.90 Å². The summed E-state index contributed by atoms with van der Waals surface area (Å²) in [7, 11) is 0. The highest BCUT2D eigenvalue weighted by Gasteiger charge is 2.17. The molecule has 9 rings (SSSR count). The molecule has 9 aromatic rings. The summed E-state index contributed by atoms with van der Waals surface area (Å²) in [5.41, 5.74) is 14.6.